The van der Waals surface area contributed by atoms with Crippen LogP contribution in [0, 0.1) is 0 Å². The molecule has 0 aliphatic rings. The normalized spacial score (nSPS) is 10.9. The molecule has 1 heterocycles. The van der Waals surface area contributed by atoms with Gasteiger partial charge in [0.05, 0.1) is 5.54 Å². The highest BCUT2D eigenvalue weighted by atomic mass is 14.9. The van der Waals surface area contributed by atoms with Crippen LogP contribution in [0.15, 0.2) is 12.3 Å². The van der Waals surface area contributed by atoms with Crippen LogP contribution in [-0.4, -0.2) is 9.97 Å². The molecule has 2 N–H and O–H groups in total. The minimum atomic E-state index is -0.453. The molecule has 0 radical (unpaired) electrons. The number of hydrogen-bond donors (Lipinski definition) is 1. The molecule has 0 aliphatic heterocycles. The van der Waals surface area contributed by atoms with Gasteiger partial charge in [-0.2, -0.15) is 0 Å². The third-order valence-electron chi connectivity index (χ3n) is 1.84. The van der Waals surface area contributed by atoms with Crippen molar-refractivity contribution < 1.29 is 0 Å². The van der Waals surface area contributed by atoms with E-state index in [1.807, 2.05) is 33.8 Å². The Balaban J connectivity index is 0.000000921. The molecular formula is C12H23N3. The van der Waals surface area contributed by atoms with Crippen LogP contribution >= 0.6 is 0 Å². The highest BCUT2D eigenvalue weighted by Crippen LogP contribution is 2.15. The molecule has 1 aromatic rings. The Kier molecular flexibility index (Phi) is 5.44. The van der Waals surface area contributed by atoms with Crippen molar-refractivity contribution >= 4 is 0 Å². The third-order valence-corrected chi connectivity index (χ3v) is 1.84. The quantitative estimate of drug-likeness (QED) is 0.815. The lowest BCUT2D eigenvalue weighted by Crippen LogP contribution is -2.31. The molecule has 0 atom stereocenters. The molecule has 0 bridgehead atoms. The highest BCUT2D eigenvalue weighted by Gasteiger charge is 2.18. The van der Waals surface area contributed by atoms with Crippen molar-refractivity contribution in [1.82, 2.24) is 9.97 Å². The van der Waals surface area contributed by atoms with Crippen molar-refractivity contribution in [2.45, 2.75) is 53.0 Å². The first-order valence-corrected chi connectivity index (χ1v) is 5.53. The molecule has 0 aromatic carbocycles. The number of nitrogens with zero attached hydrogens (tertiary/aromatic N) is 2. The lowest BCUT2D eigenvalue weighted by Gasteiger charge is -2.17. The zero-order valence-corrected chi connectivity index (χ0v) is 10.7. The van der Waals surface area contributed by atoms with Gasteiger partial charge < -0.3 is 5.73 Å². The maximum absolute atomic E-state index is 5.90. The first kappa shape index (κ1) is 14.0. The Morgan fingerprint density at radius 3 is 2.20 bits per heavy atom. The van der Waals surface area contributed by atoms with Gasteiger partial charge in [-0.15, -0.1) is 0 Å². The van der Waals surface area contributed by atoms with E-state index in [1.165, 1.54) is 0 Å². The molecule has 0 spiro atoms. The lowest BCUT2D eigenvalue weighted by molar-refractivity contribution is 0.508. The van der Waals surface area contributed by atoms with Gasteiger partial charge in [-0.05, 0) is 25.8 Å². The van der Waals surface area contributed by atoms with Crippen molar-refractivity contribution in [3.05, 3.63) is 23.8 Å². The molecule has 0 saturated heterocycles. The highest BCUT2D eigenvalue weighted by molar-refractivity contribution is 5.10. The standard InChI is InChI=1S/C10H17N3.C2H6/c1-7(2)8-5-6-12-9(13-8)10(3,4)11;1-2/h5-7H,11H2,1-4H3;1-2H3. The molecule has 0 unspecified atom stereocenters. The Morgan fingerprint density at radius 1 is 1.27 bits per heavy atom. The van der Waals surface area contributed by atoms with Gasteiger partial charge in [-0.25, -0.2) is 9.97 Å². The Hall–Kier alpha value is -0.960. The minimum absolute atomic E-state index is 0.420. The van der Waals surface area contributed by atoms with E-state index in [-0.39, 0.29) is 0 Å². The first-order chi connectivity index (χ1) is 6.91. The van der Waals surface area contributed by atoms with Crippen LogP contribution in [0.2, 0.25) is 0 Å². The predicted octanol–water partition coefficient (Wildman–Crippen LogP) is 2.82. The van der Waals surface area contributed by atoms with Crippen LogP contribution in [0.4, 0.5) is 0 Å². The largest absolute Gasteiger partial charge is 0.319 e. The Labute approximate surface area is 93.1 Å². The van der Waals surface area contributed by atoms with Gasteiger partial charge in [0, 0.05) is 11.9 Å². The van der Waals surface area contributed by atoms with Crippen LogP contribution in [0.1, 0.15) is 59.0 Å². The van der Waals surface area contributed by atoms with E-state index in [0.717, 1.165) is 5.69 Å². The van der Waals surface area contributed by atoms with E-state index in [2.05, 4.69) is 23.8 Å². The second-order valence-electron chi connectivity index (χ2n) is 4.18. The number of nitrogens with two attached hydrogens (primary N) is 1. The van der Waals surface area contributed by atoms with Crippen LogP contribution in [0.25, 0.3) is 0 Å². The minimum Gasteiger partial charge on any atom is -0.319 e. The van der Waals surface area contributed by atoms with Crippen molar-refractivity contribution in [2.24, 2.45) is 5.73 Å². The fourth-order valence-corrected chi connectivity index (χ4v) is 1.00. The maximum Gasteiger partial charge on any atom is 0.147 e. The summed E-state index contributed by atoms with van der Waals surface area (Å²) in [6, 6.07) is 1.93. The van der Waals surface area contributed by atoms with Gasteiger partial charge in [0.25, 0.3) is 0 Å². The van der Waals surface area contributed by atoms with E-state index in [0.29, 0.717) is 11.7 Å². The number of aromatic nitrogens is 2. The zero-order valence-electron chi connectivity index (χ0n) is 10.7. The van der Waals surface area contributed by atoms with E-state index < -0.39 is 5.54 Å². The molecule has 0 aliphatic carbocycles. The topological polar surface area (TPSA) is 51.8 Å². The van der Waals surface area contributed by atoms with Crippen molar-refractivity contribution in [2.75, 3.05) is 0 Å². The van der Waals surface area contributed by atoms with Crippen LogP contribution in [0.3, 0.4) is 0 Å². The van der Waals surface area contributed by atoms with E-state index >= 15 is 0 Å². The average molecular weight is 209 g/mol. The summed E-state index contributed by atoms with van der Waals surface area (Å²) in [5.74, 6) is 1.13. The van der Waals surface area contributed by atoms with Crippen molar-refractivity contribution in [1.29, 1.82) is 0 Å². The smallest absolute Gasteiger partial charge is 0.147 e. The number of hydrogen-bond acceptors (Lipinski definition) is 3. The Morgan fingerprint density at radius 2 is 1.80 bits per heavy atom. The van der Waals surface area contributed by atoms with Crippen molar-refractivity contribution in [3.63, 3.8) is 0 Å². The molecular weight excluding hydrogens is 186 g/mol. The molecule has 15 heavy (non-hydrogen) atoms. The molecule has 0 fully saturated rings. The molecule has 3 nitrogen and oxygen atoms in total. The monoisotopic (exact) mass is 209 g/mol. The maximum atomic E-state index is 5.90. The van der Waals surface area contributed by atoms with E-state index in [1.54, 1.807) is 6.20 Å². The van der Waals surface area contributed by atoms with Gasteiger partial charge in [-0.3, -0.25) is 0 Å². The molecule has 3 heteroatoms. The summed E-state index contributed by atoms with van der Waals surface area (Å²) in [6.07, 6.45) is 1.77. The van der Waals surface area contributed by atoms with Gasteiger partial charge in [-0.1, -0.05) is 27.7 Å². The summed E-state index contributed by atoms with van der Waals surface area (Å²) in [7, 11) is 0. The van der Waals surface area contributed by atoms with Gasteiger partial charge in [0.1, 0.15) is 5.82 Å². The summed E-state index contributed by atoms with van der Waals surface area (Å²) in [4.78, 5) is 8.56. The van der Waals surface area contributed by atoms with Gasteiger partial charge in [0.2, 0.25) is 0 Å². The summed E-state index contributed by atoms with van der Waals surface area (Å²) in [5.41, 5.74) is 6.49. The fourth-order valence-electron chi connectivity index (χ4n) is 1.00. The zero-order chi connectivity index (χ0) is 12.1. The molecule has 0 saturated carbocycles. The molecule has 1 aromatic heterocycles. The molecule has 0 amide bonds. The lowest BCUT2D eigenvalue weighted by atomic mass is 10.1. The van der Waals surface area contributed by atoms with E-state index in [4.69, 9.17) is 5.73 Å². The third kappa shape index (κ3) is 4.38. The predicted molar refractivity (Wildman–Crippen MR) is 64.7 cm³/mol. The van der Waals surface area contributed by atoms with Gasteiger partial charge in [0.15, 0.2) is 0 Å². The fraction of sp³-hybridized carbons (Fsp3) is 0.667. The van der Waals surface area contributed by atoms with Crippen molar-refractivity contribution in [3.8, 4) is 0 Å². The van der Waals surface area contributed by atoms with E-state index in [9.17, 15) is 0 Å². The first-order valence-electron chi connectivity index (χ1n) is 5.53. The molecule has 86 valence electrons. The summed E-state index contributed by atoms with van der Waals surface area (Å²) in [5, 5.41) is 0. The molecule has 1 rings (SSSR count). The SMILES string of the molecule is CC.CC(C)c1ccnc(C(C)(C)N)n1. The second kappa shape index (κ2) is 5.81. The summed E-state index contributed by atoms with van der Waals surface area (Å²) in [6.45, 7) is 12.0. The van der Waals surface area contributed by atoms with Crippen LogP contribution < -0.4 is 5.73 Å². The Bertz CT molecular complexity index is 287. The summed E-state index contributed by atoms with van der Waals surface area (Å²) < 4.78 is 0. The van der Waals surface area contributed by atoms with Crippen LogP contribution in [0.5, 0.6) is 0 Å². The average Bonchev–Trinajstić information content (AvgIpc) is 2.20. The second-order valence-corrected chi connectivity index (χ2v) is 4.18. The van der Waals surface area contributed by atoms with Gasteiger partial charge >= 0.3 is 0 Å². The summed E-state index contributed by atoms with van der Waals surface area (Å²) >= 11 is 0. The van der Waals surface area contributed by atoms with Crippen LogP contribution in [-0.2, 0) is 5.54 Å². The number of rotatable bonds is 2.